The average Bonchev–Trinajstić information content (AvgIpc) is 3.06. The van der Waals surface area contributed by atoms with Crippen molar-refractivity contribution >= 4 is 34.4 Å². The molecule has 5 rings (SSSR count). The van der Waals surface area contributed by atoms with Crippen molar-refractivity contribution in [1.82, 2.24) is 0 Å². The molecule has 6 nitrogen and oxygen atoms in total. The van der Waals surface area contributed by atoms with Gasteiger partial charge in [-0.15, -0.1) is 0 Å². The van der Waals surface area contributed by atoms with Gasteiger partial charge in [-0.25, -0.2) is 0 Å². The number of benzene rings is 2. The van der Waals surface area contributed by atoms with Crippen LogP contribution in [-0.2, 0) is 21.5 Å². The molecule has 0 radical (unpaired) electrons. The van der Waals surface area contributed by atoms with E-state index in [0.717, 1.165) is 27.8 Å². The smallest absolute Gasteiger partial charge is 0.323 e. The van der Waals surface area contributed by atoms with Crippen LogP contribution in [0.4, 0.5) is 5.69 Å². The molecule has 0 spiro atoms. The number of hydrogen-bond donors (Lipinski definition) is 2. The highest BCUT2D eigenvalue weighted by Gasteiger charge is 2.43. The first kappa shape index (κ1) is 22.6. The van der Waals surface area contributed by atoms with Gasteiger partial charge in [0.2, 0.25) is 17.0 Å². The van der Waals surface area contributed by atoms with Crippen molar-refractivity contribution in [3.05, 3.63) is 101 Å². The van der Waals surface area contributed by atoms with Gasteiger partial charge in [0.15, 0.2) is 0 Å². The first-order valence-electron chi connectivity index (χ1n) is 11.7. The molecule has 0 saturated heterocycles. The van der Waals surface area contributed by atoms with Crippen molar-refractivity contribution in [2.45, 2.75) is 32.7 Å². The van der Waals surface area contributed by atoms with E-state index in [4.69, 9.17) is 0 Å². The van der Waals surface area contributed by atoms with Gasteiger partial charge in [-0.1, -0.05) is 44.2 Å². The first-order valence-corrected chi connectivity index (χ1v) is 11.7. The molecular formula is C29H27N2O4+. The van der Waals surface area contributed by atoms with Gasteiger partial charge in [0.1, 0.15) is 18.8 Å². The third kappa shape index (κ3) is 3.53. The second-order valence-electron chi connectivity index (χ2n) is 9.36. The molecule has 2 heterocycles. The summed E-state index contributed by atoms with van der Waals surface area (Å²) in [5, 5.41) is 21.5. The molecule has 0 bridgehead atoms. The second kappa shape index (κ2) is 8.24. The van der Waals surface area contributed by atoms with E-state index in [-0.39, 0.29) is 29.2 Å². The van der Waals surface area contributed by atoms with Crippen LogP contribution in [0.2, 0.25) is 0 Å². The molecule has 0 atom stereocenters. The monoisotopic (exact) mass is 467 g/mol. The van der Waals surface area contributed by atoms with E-state index < -0.39 is 11.4 Å². The zero-order valence-corrected chi connectivity index (χ0v) is 19.9. The number of aromatic nitrogens is 1. The Bertz CT molecular complexity index is 1490. The number of hydrogen-bond acceptors (Lipinski definition) is 4. The van der Waals surface area contributed by atoms with Crippen molar-refractivity contribution < 1.29 is 24.4 Å². The highest BCUT2D eigenvalue weighted by molar-refractivity contribution is 6.23. The largest absolute Gasteiger partial charge is 0.506 e. The third-order valence-electron chi connectivity index (χ3n) is 6.95. The Hall–Kier alpha value is -4.19. The Kier molecular flexibility index (Phi) is 5.32. The molecule has 0 fully saturated rings. The lowest BCUT2D eigenvalue weighted by Crippen LogP contribution is -2.37. The van der Waals surface area contributed by atoms with Crippen molar-refractivity contribution in [2.24, 2.45) is 0 Å². The number of carbonyl (C=O) groups is 2. The molecule has 2 N–H and O–H groups in total. The molecule has 1 aliphatic heterocycles. The standard InChI is InChI=1S/C29H26N2O4/c1-4-30-19(14-13-18-9-5-7-11-23(18)30)15-20-27(34)21(28(20)35)16-25-29(2,3)22-10-6-8-12-24(22)31(25)17-26(32)33/h5-16H,4,17H2,1-3H3,(H-,32,33,34,35)/p+1. The Morgan fingerprint density at radius 2 is 1.74 bits per heavy atom. The number of carboxylic acids is 1. The average molecular weight is 468 g/mol. The number of ketones is 1. The number of allylic oxidation sites excluding steroid dienone is 4. The normalized spacial score (nSPS) is 18.9. The lowest BCUT2D eigenvalue weighted by Gasteiger charge is -2.28. The van der Waals surface area contributed by atoms with E-state index in [1.807, 2.05) is 81.4 Å². The van der Waals surface area contributed by atoms with Gasteiger partial charge in [-0.2, -0.15) is 4.57 Å². The fourth-order valence-corrected chi connectivity index (χ4v) is 5.16. The maximum Gasteiger partial charge on any atom is 0.323 e. The summed E-state index contributed by atoms with van der Waals surface area (Å²) in [4.78, 5) is 26.5. The lowest BCUT2D eigenvalue weighted by atomic mass is 9.80. The molecule has 0 unspecified atom stereocenters. The fourth-order valence-electron chi connectivity index (χ4n) is 5.16. The molecular weight excluding hydrogens is 440 g/mol. The number of aryl methyl sites for hydroxylation is 1. The van der Waals surface area contributed by atoms with E-state index in [1.54, 1.807) is 17.1 Å². The van der Waals surface area contributed by atoms with E-state index in [9.17, 15) is 19.8 Å². The molecule has 35 heavy (non-hydrogen) atoms. The summed E-state index contributed by atoms with van der Waals surface area (Å²) in [6.07, 6.45) is 3.37. The molecule has 6 heteroatoms. The van der Waals surface area contributed by atoms with Gasteiger partial charge < -0.3 is 15.1 Å². The van der Waals surface area contributed by atoms with Gasteiger partial charge in [0.05, 0.1) is 11.1 Å². The summed E-state index contributed by atoms with van der Waals surface area (Å²) in [7, 11) is 0. The second-order valence-corrected chi connectivity index (χ2v) is 9.36. The minimum atomic E-state index is -0.970. The van der Waals surface area contributed by atoms with Crippen molar-refractivity contribution in [2.75, 3.05) is 11.4 Å². The summed E-state index contributed by atoms with van der Waals surface area (Å²) in [5.41, 5.74) is 4.26. The number of carboxylic acid groups (broad SMARTS) is 1. The molecule has 0 saturated carbocycles. The van der Waals surface area contributed by atoms with E-state index >= 15 is 0 Å². The minimum Gasteiger partial charge on any atom is -0.506 e. The number of aliphatic carboxylic acids is 1. The van der Waals surface area contributed by atoms with E-state index in [2.05, 4.69) is 4.57 Å². The van der Waals surface area contributed by atoms with Gasteiger partial charge in [-0.05, 0) is 36.8 Å². The highest BCUT2D eigenvalue weighted by atomic mass is 16.4. The Labute approximate surface area is 203 Å². The van der Waals surface area contributed by atoms with Crippen LogP contribution in [0.3, 0.4) is 0 Å². The van der Waals surface area contributed by atoms with Gasteiger partial charge in [0, 0.05) is 40.4 Å². The maximum absolute atomic E-state index is 13.2. The lowest BCUT2D eigenvalue weighted by molar-refractivity contribution is -0.669. The Morgan fingerprint density at radius 1 is 1.03 bits per heavy atom. The number of anilines is 1. The predicted octanol–water partition coefficient (Wildman–Crippen LogP) is 4.69. The van der Waals surface area contributed by atoms with Crippen LogP contribution in [0.5, 0.6) is 0 Å². The number of fused-ring (bicyclic) bond motifs is 2. The van der Waals surface area contributed by atoms with Crippen molar-refractivity contribution in [3.63, 3.8) is 0 Å². The molecule has 2 aromatic carbocycles. The molecule has 0 amide bonds. The van der Waals surface area contributed by atoms with Crippen LogP contribution in [0.1, 0.15) is 32.0 Å². The number of para-hydroxylation sites is 2. The molecule has 1 aromatic heterocycles. The summed E-state index contributed by atoms with van der Waals surface area (Å²) in [6, 6.07) is 19.6. The SMILES string of the molecule is CC[n+]1c(C=C2C(=O)C(C=C3N(CC(=O)O)c4ccccc4C3(C)C)=C2O)ccc2ccccc21. The van der Waals surface area contributed by atoms with E-state index in [0.29, 0.717) is 12.2 Å². The van der Waals surface area contributed by atoms with Crippen molar-refractivity contribution in [1.29, 1.82) is 0 Å². The molecule has 1 aliphatic carbocycles. The number of carbonyl (C=O) groups excluding carboxylic acids is 1. The molecule has 176 valence electrons. The number of nitrogens with zero attached hydrogens (tertiary/aromatic N) is 2. The quantitative estimate of drug-likeness (QED) is 0.420. The number of Topliss-reactive ketones (excluding diaryl/α,β-unsaturated/α-hetero) is 1. The van der Waals surface area contributed by atoms with Crippen LogP contribution in [0, 0.1) is 0 Å². The zero-order chi connectivity index (χ0) is 24.9. The van der Waals surface area contributed by atoms with Gasteiger partial charge in [0.25, 0.3) is 0 Å². The summed E-state index contributed by atoms with van der Waals surface area (Å²) in [5.74, 6) is -1.30. The van der Waals surface area contributed by atoms with E-state index in [1.165, 1.54) is 0 Å². The zero-order valence-electron chi connectivity index (χ0n) is 19.9. The highest BCUT2D eigenvalue weighted by Crippen LogP contribution is 2.48. The van der Waals surface area contributed by atoms with Crippen molar-refractivity contribution in [3.8, 4) is 0 Å². The summed E-state index contributed by atoms with van der Waals surface area (Å²) in [6.45, 7) is 6.52. The first-order chi connectivity index (χ1) is 16.7. The van der Waals surface area contributed by atoms with Crippen LogP contribution in [0.15, 0.2) is 89.3 Å². The van der Waals surface area contributed by atoms with Crippen LogP contribution >= 0.6 is 0 Å². The molecule has 2 aliphatic rings. The topological polar surface area (TPSA) is 81.7 Å². The number of pyridine rings is 1. The Balaban J connectivity index is 1.58. The third-order valence-corrected chi connectivity index (χ3v) is 6.95. The van der Waals surface area contributed by atoms with Crippen LogP contribution in [-0.4, -0.2) is 28.5 Å². The van der Waals surface area contributed by atoms with Crippen LogP contribution in [0.25, 0.3) is 17.0 Å². The summed E-state index contributed by atoms with van der Waals surface area (Å²) >= 11 is 0. The number of aliphatic hydroxyl groups excluding tert-OH is 1. The summed E-state index contributed by atoms with van der Waals surface area (Å²) < 4.78 is 2.10. The maximum atomic E-state index is 13.2. The van der Waals surface area contributed by atoms with Crippen LogP contribution < -0.4 is 9.47 Å². The number of rotatable bonds is 5. The van der Waals surface area contributed by atoms with Gasteiger partial charge in [-0.3, -0.25) is 9.59 Å². The Morgan fingerprint density at radius 3 is 2.46 bits per heavy atom. The van der Waals surface area contributed by atoms with Gasteiger partial charge >= 0.3 is 5.97 Å². The molecule has 3 aromatic rings. The number of aliphatic hydroxyl groups is 1. The fraction of sp³-hybridized carbons (Fsp3) is 0.207. The minimum absolute atomic E-state index is 0.0691. The predicted molar refractivity (Wildman–Crippen MR) is 135 cm³/mol.